The predicted octanol–water partition coefficient (Wildman–Crippen LogP) is -0.718. The third-order valence-corrected chi connectivity index (χ3v) is 3.97. The SMILES string of the molecule is CC[I-]c1ccc(C)c(OC)c1. The maximum absolute atomic E-state index is 5.25. The van der Waals surface area contributed by atoms with Crippen LogP contribution in [-0.2, 0) is 0 Å². The summed E-state index contributed by atoms with van der Waals surface area (Å²) < 4.78 is 8.02. The van der Waals surface area contributed by atoms with Gasteiger partial charge in [-0.25, -0.2) is 0 Å². The molecular weight excluding hydrogens is 263 g/mol. The summed E-state index contributed by atoms with van der Waals surface area (Å²) in [6.07, 6.45) is 0. The topological polar surface area (TPSA) is 9.23 Å². The van der Waals surface area contributed by atoms with Crippen LogP contribution < -0.4 is 25.9 Å². The van der Waals surface area contributed by atoms with Crippen molar-refractivity contribution in [2.45, 2.75) is 13.8 Å². The van der Waals surface area contributed by atoms with Crippen LogP contribution in [0.2, 0.25) is 0 Å². The number of rotatable bonds is 3. The van der Waals surface area contributed by atoms with Crippen LogP contribution in [-0.4, -0.2) is 11.5 Å². The number of methoxy groups -OCH3 is 1. The van der Waals surface area contributed by atoms with Gasteiger partial charge in [0, 0.05) is 0 Å². The number of alkyl halides is 1. The zero-order valence-corrected chi connectivity index (χ0v) is 9.88. The van der Waals surface area contributed by atoms with Gasteiger partial charge in [-0.1, -0.05) is 0 Å². The van der Waals surface area contributed by atoms with E-state index in [1.165, 1.54) is 13.6 Å². The van der Waals surface area contributed by atoms with E-state index in [0.717, 1.165) is 5.75 Å². The summed E-state index contributed by atoms with van der Waals surface area (Å²) in [5.74, 6) is 1.03. The molecule has 0 saturated heterocycles. The molecule has 0 aliphatic carbocycles. The molecule has 2 heteroatoms. The number of benzene rings is 1. The van der Waals surface area contributed by atoms with Crippen molar-refractivity contribution in [3.05, 3.63) is 27.3 Å². The number of halogens is 1. The van der Waals surface area contributed by atoms with Crippen LogP contribution in [0.25, 0.3) is 0 Å². The van der Waals surface area contributed by atoms with Crippen LogP contribution in [0.15, 0.2) is 18.2 Å². The second-order valence-electron chi connectivity index (χ2n) is 2.51. The number of hydrogen-bond acceptors (Lipinski definition) is 1. The number of ether oxygens (including phenoxy) is 1. The molecule has 0 radical (unpaired) electrons. The standard InChI is InChI=1S/C10H14IO/c1-4-11-9-6-5-8(2)10(7-9)12-3/h5-7H,4H2,1-3H3/q-1. The summed E-state index contributed by atoms with van der Waals surface area (Å²) in [5, 5.41) is 0. The fourth-order valence-corrected chi connectivity index (χ4v) is 2.85. The van der Waals surface area contributed by atoms with Crippen molar-refractivity contribution in [3.8, 4) is 5.75 Å². The van der Waals surface area contributed by atoms with Crippen molar-refractivity contribution < 1.29 is 25.9 Å². The van der Waals surface area contributed by atoms with Crippen molar-refractivity contribution in [1.29, 1.82) is 0 Å². The molecule has 0 bridgehead atoms. The van der Waals surface area contributed by atoms with Crippen LogP contribution in [0.4, 0.5) is 0 Å². The molecule has 0 aromatic heterocycles. The van der Waals surface area contributed by atoms with Gasteiger partial charge in [0.2, 0.25) is 0 Å². The van der Waals surface area contributed by atoms with Crippen LogP contribution in [0.3, 0.4) is 0 Å². The van der Waals surface area contributed by atoms with Crippen LogP contribution >= 0.6 is 0 Å². The molecule has 0 atom stereocenters. The van der Waals surface area contributed by atoms with Gasteiger partial charge >= 0.3 is 84.4 Å². The Bertz CT molecular complexity index is 258. The summed E-state index contributed by atoms with van der Waals surface area (Å²) in [5.41, 5.74) is 1.22. The summed E-state index contributed by atoms with van der Waals surface area (Å²) in [7, 11) is 1.73. The molecule has 12 heavy (non-hydrogen) atoms. The Kier molecular flexibility index (Phi) is 3.85. The van der Waals surface area contributed by atoms with Crippen molar-refractivity contribution in [1.82, 2.24) is 0 Å². The zero-order chi connectivity index (χ0) is 8.97. The zero-order valence-electron chi connectivity index (χ0n) is 7.73. The van der Waals surface area contributed by atoms with Crippen molar-refractivity contribution in [3.63, 3.8) is 0 Å². The summed E-state index contributed by atoms with van der Waals surface area (Å²) >= 11 is 0.214. The molecular formula is C10H14IO-. The normalized spacial score (nSPS) is 10.2. The Balaban J connectivity index is 2.89. The van der Waals surface area contributed by atoms with E-state index in [0.29, 0.717) is 0 Å². The third-order valence-electron chi connectivity index (χ3n) is 1.66. The molecule has 0 aliphatic heterocycles. The molecule has 0 saturated carbocycles. The van der Waals surface area contributed by atoms with E-state index in [1.807, 2.05) is 0 Å². The average Bonchev–Trinajstić information content (AvgIpc) is 2.09. The van der Waals surface area contributed by atoms with Crippen LogP contribution in [0, 0.1) is 10.5 Å². The van der Waals surface area contributed by atoms with E-state index in [9.17, 15) is 0 Å². The van der Waals surface area contributed by atoms with E-state index in [1.54, 1.807) is 7.11 Å². The summed E-state index contributed by atoms with van der Waals surface area (Å²) in [4.78, 5) is 0. The molecule has 0 N–H and O–H groups in total. The molecule has 1 nitrogen and oxygen atoms in total. The first kappa shape index (κ1) is 9.84. The molecule has 0 fully saturated rings. The Morgan fingerprint density at radius 3 is 2.75 bits per heavy atom. The molecule has 1 rings (SSSR count). The van der Waals surface area contributed by atoms with Crippen LogP contribution in [0.5, 0.6) is 5.75 Å². The van der Waals surface area contributed by atoms with Crippen molar-refractivity contribution in [2.75, 3.05) is 11.5 Å². The minimum atomic E-state index is 0.214. The van der Waals surface area contributed by atoms with Gasteiger partial charge in [0.15, 0.2) is 0 Å². The molecule has 0 unspecified atom stereocenters. The van der Waals surface area contributed by atoms with Crippen LogP contribution in [0.1, 0.15) is 12.5 Å². The molecule has 68 valence electrons. The minimum absolute atomic E-state index is 0.214. The molecule has 0 heterocycles. The van der Waals surface area contributed by atoms with Gasteiger partial charge in [-0.05, 0) is 0 Å². The molecule has 0 amide bonds. The first-order valence-corrected chi connectivity index (χ1v) is 6.62. The Hall–Kier alpha value is -0.250. The summed E-state index contributed by atoms with van der Waals surface area (Å²) in [6, 6.07) is 6.53. The van der Waals surface area contributed by atoms with Gasteiger partial charge in [0.25, 0.3) is 0 Å². The van der Waals surface area contributed by atoms with E-state index in [-0.39, 0.29) is 21.2 Å². The summed E-state index contributed by atoms with van der Waals surface area (Å²) in [6.45, 7) is 4.31. The quantitative estimate of drug-likeness (QED) is 0.523. The second-order valence-corrected chi connectivity index (χ2v) is 6.05. The fraction of sp³-hybridized carbons (Fsp3) is 0.400. The molecule has 0 spiro atoms. The first-order chi connectivity index (χ1) is 5.77. The third kappa shape index (κ3) is 2.37. The van der Waals surface area contributed by atoms with Gasteiger partial charge in [-0.15, -0.1) is 0 Å². The van der Waals surface area contributed by atoms with Crippen molar-refractivity contribution in [2.24, 2.45) is 0 Å². The van der Waals surface area contributed by atoms with E-state index >= 15 is 0 Å². The van der Waals surface area contributed by atoms with E-state index < -0.39 is 0 Å². The average molecular weight is 277 g/mol. The van der Waals surface area contributed by atoms with Gasteiger partial charge in [-0.2, -0.15) is 0 Å². The van der Waals surface area contributed by atoms with Gasteiger partial charge in [0.05, 0.1) is 0 Å². The van der Waals surface area contributed by atoms with Gasteiger partial charge in [0.1, 0.15) is 0 Å². The first-order valence-electron chi connectivity index (χ1n) is 4.01. The van der Waals surface area contributed by atoms with Gasteiger partial charge in [-0.3, -0.25) is 0 Å². The Morgan fingerprint density at radius 2 is 2.17 bits per heavy atom. The maximum atomic E-state index is 5.25. The molecule has 1 aromatic carbocycles. The molecule has 1 aromatic rings. The van der Waals surface area contributed by atoms with Gasteiger partial charge < -0.3 is 0 Å². The Morgan fingerprint density at radius 1 is 1.42 bits per heavy atom. The second kappa shape index (κ2) is 4.70. The number of hydrogen-bond donors (Lipinski definition) is 0. The van der Waals surface area contributed by atoms with E-state index in [2.05, 4.69) is 32.0 Å². The van der Waals surface area contributed by atoms with Crippen molar-refractivity contribution >= 4 is 0 Å². The fourth-order valence-electron chi connectivity index (χ4n) is 1.03. The van der Waals surface area contributed by atoms with E-state index in [4.69, 9.17) is 4.74 Å². The molecule has 0 aliphatic rings. The monoisotopic (exact) mass is 277 g/mol. The number of aryl methyl sites for hydroxylation is 1. The Labute approximate surface area is 84.4 Å². The predicted molar refractivity (Wildman–Crippen MR) is 47.0 cm³/mol.